The minimum Gasteiger partial charge on any atom is -0.355 e. The van der Waals surface area contributed by atoms with Crippen LogP contribution in [0.4, 0.5) is 0 Å². The summed E-state index contributed by atoms with van der Waals surface area (Å²) in [5, 5.41) is 2.88. The molecule has 0 spiro atoms. The summed E-state index contributed by atoms with van der Waals surface area (Å²) < 4.78 is 0. The Bertz CT molecular complexity index is 354. The SMILES string of the molecule is CC(N)CCNC(=O)C(C)SCc1ccccc1. The molecule has 1 aromatic carbocycles. The van der Waals surface area contributed by atoms with E-state index in [1.54, 1.807) is 11.8 Å². The number of benzene rings is 1. The van der Waals surface area contributed by atoms with Gasteiger partial charge in [-0.05, 0) is 25.8 Å². The maximum atomic E-state index is 11.8. The molecule has 2 atom stereocenters. The zero-order valence-electron chi connectivity index (χ0n) is 11.1. The van der Waals surface area contributed by atoms with Crippen molar-refractivity contribution in [3.63, 3.8) is 0 Å². The lowest BCUT2D eigenvalue weighted by Gasteiger charge is -2.12. The Morgan fingerprint density at radius 2 is 2.00 bits per heavy atom. The van der Waals surface area contributed by atoms with Crippen molar-refractivity contribution in [2.24, 2.45) is 5.73 Å². The summed E-state index contributed by atoms with van der Waals surface area (Å²) in [5.41, 5.74) is 6.88. The summed E-state index contributed by atoms with van der Waals surface area (Å²) in [7, 11) is 0. The minimum absolute atomic E-state index is 0.0294. The van der Waals surface area contributed by atoms with Crippen LogP contribution in [-0.4, -0.2) is 23.7 Å². The first-order chi connectivity index (χ1) is 8.59. The number of nitrogens with two attached hydrogens (primary N) is 1. The molecular weight excluding hydrogens is 244 g/mol. The van der Waals surface area contributed by atoms with Crippen LogP contribution in [0.5, 0.6) is 0 Å². The molecule has 0 saturated carbocycles. The normalized spacial score (nSPS) is 13.9. The number of amides is 1. The smallest absolute Gasteiger partial charge is 0.232 e. The van der Waals surface area contributed by atoms with Gasteiger partial charge in [0.05, 0.1) is 5.25 Å². The standard InChI is InChI=1S/C14H22N2OS/c1-11(15)8-9-16-14(17)12(2)18-10-13-6-4-3-5-7-13/h3-7,11-12H,8-10,15H2,1-2H3,(H,16,17). The molecule has 0 aromatic heterocycles. The van der Waals surface area contributed by atoms with Crippen LogP contribution in [0.25, 0.3) is 0 Å². The molecule has 1 aromatic rings. The highest BCUT2D eigenvalue weighted by Crippen LogP contribution is 2.17. The van der Waals surface area contributed by atoms with Crippen LogP contribution in [0.15, 0.2) is 30.3 Å². The molecule has 1 rings (SSSR count). The van der Waals surface area contributed by atoms with Gasteiger partial charge in [-0.2, -0.15) is 0 Å². The van der Waals surface area contributed by atoms with Crippen molar-refractivity contribution in [3.8, 4) is 0 Å². The van der Waals surface area contributed by atoms with Gasteiger partial charge in [0.1, 0.15) is 0 Å². The predicted molar refractivity (Wildman–Crippen MR) is 78.5 cm³/mol. The molecule has 3 nitrogen and oxygen atoms in total. The van der Waals surface area contributed by atoms with E-state index in [-0.39, 0.29) is 17.2 Å². The molecule has 0 aliphatic heterocycles. The summed E-state index contributed by atoms with van der Waals surface area (Å²) >= 11 is 1.65. The van der Waals surface area contributed by atoms with Gasteiger partial charge in [0.25, 0.3) is 0 Å². The van der Waals surface area contributed by atoms with Crippen molar-refractivity contribution in [1.29, 1.82) is 0 Å². The van der Waals surface area contributed by atoms with E-state index in [4.69, 9.17) is 5.73 Å². The first-order valence-corrected chi connectivity index (χ1v) is 7.33. The first-order valence-electron chi connectivity index (χ1n) is 6.28. The van der Waals surface area contributed by atoms with Crippen LogP contribution in [-0.2, 0) is 10.5 Å². The van der Waals surface area contributed by atoms with Crippen LogP contribution >= 0.6 is 11.8 Å². The summed E-state index contributed by atoms with van der Waals surface area (Å²) in [6.07, 6.45) is 0.821. The fraction of sp³-hybridized carbons (Fsp3) is 0.500. The Morgan fingerprint density at radius 3 is 2.61 bits per heavy atom. The molecule has 4 heteroatoms. The summed E-state index contributed by atoms with van der Waals surface area (Å²) in [6, 6.07) is 10.3. The Hall–Kier alpha value is -1.00. The number of thioether (sulfide) groups is 1. The molecule has 0 bridgehead atoms. The Morgan fingerprint density at radius 1 is 1.33 bits per heavy atom. The molecule has 1 amide bonds. The zero-order valence-corrected chi connectivity index (χ0v) is 11.9. The lowest BCUT2D eigenvalue weighted by molar-refractivity contribution is -0.120. The molecule has 3 N–H and O–H groups in total. The summed E-state index contributed by atoms with van der Waals surface area (Å²) in [6.45, 7) is 4.54. The molecular formula is C14H22N2OS. The van der Waals surface area contributed by atoms with Crippen molar-refractivity contribution in [3.05, 3.63) is 35.9 Å². The quantitative estimate of drug-likeness (QED) is 0.795. The average molecular weight is 266 g/mol. The third-order valence-corrected chi connectivity index (χ3v) is 3.83. The van der Waals surface area contributed by atoms with E-state index in [9.17, 15) is 4.79 Å². The second-order valence-electron chi connectivity index (χ2n) is 4.50. The topological polar surface area (TPSA) is 55.1 Å². The molecule has 0 saturated heterocycles. The fourth-order valence-electron chi connectivity index (χ4n) is 1.44. The number of hydrogen-bond acceptors (Lipinski definition) is 3. The molecule has 0 heterocycles. The van der Waals surface area contributed by atoms with Gasteiger partial charge in [0.2, 0.25) is 5.91 Å². The minimum atomic E-state index is -0.0294. The van der Waals surface area contributed by atoms with E-state index in [1.807, 2.05) is 32.0 Å². The maximum Gasteiger partial charge on any atom is 0.232 e. The monoisotopic (exact) mass is 266 g/mol. The number of carbonyl (C=O) groups excluding carboxylic acids is 1. The predicted octanol–water partition coefficient (Wildman–Crippen LogP) is 2.16. The van der Waals surface area contributed by atoms with E-state index in [0.717, 1.165) is 12.2 Å². The maximum absolute atomic E-state index is 11.8. The molecule has 0 aliphatic carbocycles. The van der Waals surface area contributed by atoms with Crippen molar-refractivity contribution < 1.29 is 4.79 Å². The van der Waals surface area contributed by atoms with E-state index in [2.05, 4.69) is 17.4 Å². The van der Waals surface area contributed by atoms with Crippen molar-refractivity contribution in [1.82, 2.24) is 5.32 Å². The van der Waals surface area contributed by atoms with Crippen molar-refractivity contribution >= 4 is 17.7 Å². The van der Waals surface area contributed by atoms with Gasteiger partial charge in [-0.1, -0.05) is 30.3 Å². The van der Waals surface area contributed by atoms with Crippen molar-refractivity contribution in [2.75, 3.05) is 6.54 Å². The third-order valence-electron chi connectivity index (χ3n) is 2.61. The fourth-order valence-corrected chi connectivity index (χ4v) is 2.31. The Kier molecular flexibility index (Phi) is 6.83. The van der Waals surface area contributed by atoms with Gasteiger partial charge in [0.15, 0.2) is 0 Å². The molecule has 2 unspecified atom stereocenters. The van der Waals surface area contributed by atoms with E-state index in [0.29, 0.717) is 6.54 Å². The van der Waals surface area contributed by atoms with Gasteiger partial charge in [-0.25, -0.2) is 0 Å². The van der Waals surface area contributed by atoms with Crippen molar-refractivity contribution in [2.45, 2.75) is 37.3 Å². The molecule has 18 heavy (non-hydrogen) atoms. The molecule has 0 aliphatic rings. The number of nitrogens with one attached hydrogen (secondary N) is 1. The first kappa shape index (κ1) is 15.1. The lowest BCUT2D eigenvalue weighted by atomic mass is 10.2. The Labute approximate surface area is 114 Å². The summed E-state index contributed by atoms with van der Waals surface area (Å²) in [4.78, 5) is 11.8. The second kappa shape index (κ2) is 8.16. The molecule has 0 fully saturated rings. The van der Waals surface area contributed by atoms with Crippen LogP contribution in [0.2, 0.25) is 0 Å². The highest BCUT2D eigenvalue weighted by atomic mass is 32.2. The van der Waals surface area contributed by atoms with E-state index < -0.39 is 0 Å². The number of carbonyl (C=O) groups is 1. The Balaban J connectivity index is 2.23. The third kappa shape index (κ3) is 6.07. The van der Waals surface area contributed by atoms with Crippen LogP contribution in [0.3, 0.4) is 0 Å². The molecule has 100 valence electrons. The van der Waals surface area contributed by atoms with Gasteiger partial charge in [0, 0.05) is 18.3 Å². The second-order valence-corrected chi connectivity index (χ2v) is 5.82. The van der Waals surface area contributed by atoms with Crippen LogP contribution in [0.1, 0.15) is 25.8 Å². The van der Waals surface area contributed by atoms with Gasteiger partial charge < -0.3 is 11.1 Å². The highest BCUT2D eigenvalue weighted by molar-refractivity contribution is 7.99. The highest BCUT2D eigenvalue weighted by Gasteiger charge is 2.12. The van der Waals surface area contributed by atoms with Crippen LogP contribution < -0.4 is 11.1 Å². The van der Waals surface area contributed by atoms with E-state index >= 15 is 0 Å². The number of rotatable bonds is 7. The van der Waals surface area contributed by atoms with Gasteiger partial charge in [-0.3, -0.25) is 4.79 Å². The van der Waals surface area contributed by atoms with Gasteiger partial charge >= 0.3 is 0 Å². The number of hydrogen-bond donors (Lipinski definition) is 2. The average Bonchev–Trinajstić information content (AvgIpc) is 2.36. The summed E-state index contributed by atoms with van der Waals surface area (Å²) in [5.74, 6) is 0.958. The largest absolute Gasteiger partial charge is 0.355 e. The lowest BCUT2D eigenvalue weighted by Crippen LogP contribution is -2.34. The van der Waals surface area contributed by atoms with Gasteiger partial charge in [-0.15, -0.1) is 11.8 Å². The zero-order chi connectivity index (χ0) is 13.4. The molecule has 0 radical (unpaired) electrons. The van der Waals surface area contributed by atoms with E-state index in [1.165, 1.54) is 5.56 Å². The van der Waals surface area contributed by atoms with Crippen LogP contribution in [0, 0.1) is 0 Å².